The van der Waals surface area contributed by atoms with Crippen LogP contribution in [0, 0.1) is 22.7 Å². The minimum absolute atomic E-state index is 0.465. The van der Waals surface area contributed by atoms with E-state index in [-0.39, 0.29) is 0 Å². The van der Waals surface area contributed by atoms with Crippen molar-refractivity contribution < 1.29 is 4.74 Å². The van der Waals surface area contributed by atoms with E-state index >= 15 is 0 Å². The summed E-state index contributed by atoms with van der Waals surface area (Å²) in [5.41, 5.74) is 1.03. The fourth-order valence-electron chi connectivity index (χ4n) is 4.63. The molecule has 0 heterocycles. The second-order valence-corrected chi connectivity index (χ2v) is 6.61. The van der Waals surface area contributed by atoms with Crippen molar-refractivity contribution in [1.29, 1.82) is 0 Å². The fraction of sp³-hybridized carbons (Fsp3) is 1.00. The van der Waals surface area contributed by atoms with Crippen molar-refractivity contribution in [2.75, 3.05) is 7.11 Å². The van der Waals surface area contributed by atoms with Gasteiger partial charge >= 0.3 is 0 Å². The summed E-state index contributed by atoms with van der Waals surface area (Å²) in [6.45, 7) is 9.68. The van der Waals surface area contributed by atoms with Gasteiger partial charge in [-0.05, 0) is 42.9 Å². The predicted molar refractivity (Wildman–Crippen MR) is 63.8 cm³/mol. The average Bonchev–Trinajstić information content (AvgIpc) is 2.16. The van der Waals surface area contributed by atoms with Crippen molar-refractivity contribution in [1.82, 2.24) is 0 Å². The first-order valence-corrected chi connectivity index (χ1v) is 6.47. The molecule has 0 aromatic carbocycles. The molecule has 0 amide bonds. The quantitative estimate of drug-likeness (QED) is 0.672. The van der Waals surface area contributed by atoms with Gasteiger partial charge in [0.15, 0.2) is 0 Å². The Bertz CT molecular complexity index is 248. The van der Waals surface area contributed by atoms with E-state index in [1.54, 1.807) is 0 Å². The lowest BCUT2D eigenvalue weighted by Crippen LogP contribution is -2.57. The molecule has 0 aromatic heterocycles. The highest BCUT2D eigenvalue weighted by molar-refractivity contribution is 5.07. The van der Waals surface area contributed by atoms with Crippen molar-refractivity contribution in [3.63, 3.8) is 0 Å². The number of hydrogen-bond donors (Lipinski definition) is 0. The van der Waals surface area contributed by atoms with Gasteiger partial charge in [0.1, 0.15) is 0 Å². The Labute approximate surface area is 94.6 Å². The van der Waals surface area contributed by atoms with Gasteiger partial charge in [-0.2, -0.15) is 0 Å². The Balaban J connectivity index is 2.34. The number of ether oxygens (including phenoxy) is 1. The summed E-state index contributed by atoms with van der Waals surface area (Å²) in [6, 6.07) is 0. The molecule has 0 aromatic rings. The summed E-state index contributed by atoms with van der Waals surface area (Å²) in [7, 11) is 1.91. The minimum Gasteiger partial charge on any atom is -0.381 e. The summed E-state index contributed by atoms with van der Waals surface area (Å²) in [4.78, 5) is 0. The van der Waals surface area contributed by atoms with E-state index in [4.69, 9.17) is 4.74 Å². The van der Waals surface area contributed by atoms with Gasteiger partial charge in [-0.3, -0.25) is 0 Å². The predicted octanol–water partition coefficient (Wildman–Crippen LogP) is 3.87. The highest BCUT2D eigenvalue weighted by atomic mass is 16.5. The first kappa shape index (κ1) is 11.4. The Hall–Kier alpha value is -0.0400. The molecule has 0 saturated heterocycles. The molecular formula is C14H26O. The van der Waals surface area contributed by atoms with E-state index in [2.05, 4.69) is 27.7 Å². The first-order valence-electron chi connectivity index (χ1n) is 6.47. The normalized spacial score (nSPS) is 50.0. The number of fused-ring (bicyclic) bond motifs is 3. The molecule has 0 N–H and O–H groups in total. The fourth-order valence-corrected chi connectivity index (χ4v) is 4.63. The third kappa shape index (κ3) is 1.46. The molecule has 3 fully saturated rings. The van der Waals surface area contributed by atoms with Gasteiger partial charge in [0, 0.05) is 12.5 Å². The first-order chi connectivity index (χ1) is 6.94. The van der Waals surface area contributed by atoms with E-state index in [0.717, 1.165) is 11.8 Å². The van der Waals surface area contributed by atoms with Crippen LogP contribution < -0.4 is 0 Å². The number of rotatable bonds is 2. The highest BCUT2D eigenvalue weighted by Crippen LogP contribution is 2.62. The molecule has 3 aliphatic rings. The zero-order chi connectivity index (χ0) is 11.3. The monoisotopic (exact) mass is 210 g/mol. The Morgan fingerprint density at radius 1 is 1.20 bits per heavy atom. The smallest absolute Gasteiger partial charge is 0.0637 e. The molecule has 0 radical (unpaired) electrons. The lowest BCUT2D eigenvalue weighted by molar-refractivity contribution is -0.179. The third-order valence-corrected chi connectivity index (χ3v) is 5.52. The van der Waals surface area contributed by atoms with Crippen LogP contribution in [0.1, 0.15) is 53.4 Å². The van der Waals surface area contributed by atoms with Gasteiger partial charge in [0.25, 0.3) is 0 Å². The molecule has 2 bridgehead atoms. The van der Waals surface area contributed by atoms with Crippen LogP contribution in [-0.2, 0) is 4.74 Å². The Morgan fingerprint density at radius 3 is 2.33 bits per heavy atom. The van der Waals surface area contributed by atoms with Crippen LogP contribution >= 0.6 is 0 Å². The van der Waals surface area contributed by atoms with Gasteiger partial charge in [-0.1, -0.05) is 27.7 Å². The zero-order valence-corrected chi connectivity index (χ0v) is 11.0. The van der Waals surface area contributed by atoms with Crippen molar-refractivity contribution in [3.8, 4) is 0 Å². The molecule has 1 heteroatoms. The SMILES string of the molecule is COC1CC2(C)CCC1(C(C)C)C(C)C2. The summed E-state index contributed by atoms with van der Waals surface area (Å²) in [5, 5.41) is 0. The van der Waals surface area contributed by atoms with Gasteiger partial charge < -0.3 is 4.74 Å². The maximum absolute atomic E-state index is 5.83. The lowest BCUT2D eigenvalue weighted by atomic mass is 9.46. The maximum Gasteiger partial charge on any atom is 0.0637 e. The number of methoxy groups -OCH3 is 1. The Kier molecular flexibility index (Phi) is 2.65. The van der Waals surface area contributed by atoms with Crippen molar-refractivity contribution in [2.24, 2.45) is 22.7 Å². The topological polar surface area (TPSA) is 9.23 Å². The molecule has 15 heavy (non-hydrogen) atoms. The van der Waals surface area contributed by atoms with E-state index < -0.39 is 0 Å². The lowest BCUT2D eigenvalue weighted by Gasteiger charge is -2.61. The van der Waals surface area contributed by atoms with E-state index in [1.807, 2.05) is 7.11 Å². The van der Waals surface area contributed by atoms with Gasteiger partial charge in [0.05, 0.1) is 6.10 Å². The minimum atomic E-state index is 0.465. The molecule has 0 spiro atoms. The highest BCUT2D eigenvalue weighted by Gasteiger charge is 2.57. The summed E-state index contributed by atoms with van der Waals surface area (Å²) in [6.07, 6.45) is 5.98. The van der Waals surface area contributed by atoms with Crippen LogP contribution in [0.4, 0.5) is 0 Å². The molecule has 3 saturated carbocycles. The standard InChI is InChI=1S/C14H26O/c1-10(2)14-7-6-13(4,8-11(14)3)9-12(14)15-5/h10-12H,6-9H2,1-5H3. The summed E-state index contributed by atoms with van der Waals surface area (Å²) in [5.74, 6) is 1.58. The Morgan fingerprint density at radius 2 is 1.87 bits per heavy atom. The van der Waals surface area contributed by atoms with Crippen LogP contribution in [0.5, 0.6) is 0 Å². The van der Waals surface area contributed by atoms with Crippen LogP contribution in [0.2, 0.25) is 0 Å². The molecule has 1 nitrogen and oxygen atoms in total. The van der Waals surface area contributed by atoms with E-state index in [1.165, 1.54) is 25.7 Å². The second kappa shape index (κ2) is 3.48. The molecule has 4 unspecified atom stereocenters. The van der Waals surface area contributed by atoms with Crippen LogP contribution in [0.3, 0.4) is 0 Å². The molecule has 88 valence electrons. The van der Waals surface area contributed by atoms with Gasteiger partial charge in [0.2, 0.25) is 0 Å². The van der Waals surface area contributed by atoms with Gasteiger partial charge in [-0.25, -0.2) is 0 Å². The molecule has 4 atom stereocenters. The van der Waals surface area contributed by atoms with E-state index in [0.29, 0.717) is 16.9 Å². The largest absolute Gasteiger partial charge is 0.381 e. The zero-order valence-electron chi connectivity index (χ0n) is 11.0. The van der Waals surface area contributed by atoms with E-state index in [9.17, 15) is 0 Å². The van der Waals surface area contributed by atoms with Crippen LogP contribution in [0.25, 0.3) is 0 Å². The third-order valence-electron chi connectivity index (χ3n) is 5.52. The van der Waals surface area contributed by atoms with Crippen molar-refractivity contribution in [3.05, 3.63) is 0 Å². The van der Waals surface area contributed by atoms with Crippen LogP contribution in [0.15, 0.2) is 0 Å². The molecule has 0 aliphatic heterocycles. The van der Waals surface area contributed by atoms with Crippen molar-refractivity contribution >= 4 is 0 Å². The summed E-state index contributed by atoms with van der Waals surface area (Å²) < 4.78 is 5.83. The average molecular weight is 210 g/mol. The summed E-state index contributed by atoms with van der Waals surface area (Å²) >= 11 is 0. The molecular weight excluding hydrogens is 184 g/mol. The molecule has 3 aliphatic carbocycles. The van der Waals surface area contributed by atoms with Gasteiger partial charge in [-0.15, -0.1) is 0 Å². The molecule has 3 rings (SSSR count). The maximum atomic E-state index is 5.83. The van der Waals surface area contributed by atoms with Crippen molar-refractivity contribution in [2.45, 2.75) is 59.5 Å². The van der Waals surface area contributed by atoms with Crippen LogP contribution in [-0.4, -0.2) is 13.2 Å². The number of hydrogen-bond acceptors (Lipinski definition) is 1. The second-order valence-electron chi connectivity index (χ2n) is 6.61.